The average molecular weight is 332 g/mol. The first-order valence-electron chi connectivity index (χ1n) is 3.52. The Labute approximate surface area is 96.5 Å². The van der Waals surface area contributed by atoms with Crippen molar-refractivity contribution < 1.29 is 18.3 Å². The van der Waals surface area contributed by atoms with E-state index in [0.717, 1.165) is 0 Å². The Hall–Kier alpha value is -0.360. The van der Waals surface area contributed by atoms with Gasteiger partial charge in [0.15, 0.2) is 0 Å². The van der Waals surface area contributed by atoms with Crippen molar-refractivity contribution in [3.63, 3.8) is 0 Å². The standard InChI is InChI=1S/C8H6Br2F2O2/c1-13-6-3-4(14-8(11)12)2-5(9)7(6)10/h2-3,8H,1H3. The number of hydrogen-bond donors (Lipinski definition) is 0. The van der Waals surface area contributed by atoms with E-state index in [1.165, 1.54) is 19.2 Å². The van der Waals surface area contributed by atoms with Crippen molar-refractivity contribution in [3.8, 4) is 11.5 Å². The Kier molecular flexibility index (Phi) is 4.12. The van der Waals surface area contributed by atoms with Crippen molar-refractivity contribution in [1.82, 2.24) is 0 Å². The van der Waals surface area contributed by atoms with Crippen molar-refractivity contribution in [3.05, 3.63) is 21.1 Å². The van der Waals surface area contributed by atoms with Gasteiger partial charge in [-0.25, -0.2) is 0 Å². The molecule has 0 aliphatic heterocycles. The van der Waals surface area contributed by atoms with Crippen molar-refractivity contribution >= 4 is 31.9 Å². The summed E-state index contributed by atoms with van der Waals surface area (Å²) in [6, 6.07) is 2.81. The molecule has 1 aromatic rings. The Morgan fingerprint density at radius 2 is 1.93 bits per heavy atom. The molecule has 0 spiro atoms. The first kappa shape index (κ1) is 11.7. The number of halogens is 4. The van der Waals surface area contributed by atoms with Crippen LogP contribution in [0.5, 0.6) is 11.5 Å². The number of benzene rings is 1. The highest BCUT2D eigenvalue weighted by molar-refractivity contribution is 9.13. The van der Waals surface area contributed by atoms with E-state index in [9.17, 15) is 8.78 Å². The maximum Gasteiger partial charge on any atom is 0.387 e. The number of alkyl halides is 2. The topological polar surface area (TPSA) is 18.5 Å². The largest absolute Gasteiger partial charge is 0.495 e. The van der Waals surface area contributed by atoms with Gasteiger partial charge in [-0.15, -0.1) is 0 Å². The third-order valence-corrected chi connectivity index (χ3v) is 3.39. The minimum absolute atomic E-state index is 0.0481. The zero-order valence-electron chi connectivity index (χ0n) is 7.06. The van der Waals surface area contributed by atoms with Crippen LogP contribution in [-0.4, -0.2) is 13.7 Å². The molecule has 0 unspecified atom stereocenters. The fourth-order valence-corrected chi connectivity index (χ4v) is 1.67. The monoisotopic (exact) mass is 330 g/mol. The molecule has 0 aliphatic carbocycles. The Bertz CT molecular complexity index is 331. The van der Waals surface area contributed by atoms with Crippen LogP contribution >= 0.6 is 31.9 Å². The summed E-state index contributed by atoms with van der Waals surface area (Å²) in [5, 5.41) is 0. The fraction of sp³-hybridized carbons (Fsp3) is 0.250. The predicted octanol–water partition coefficient (Wildman–Crippen LogP) is 3.82. The molecule has 14 heavy (non-hydrogen) atoms. The van der Waals surface area contributed by atoms with Crippen molar-refractivity contribution in [1.29, 1.82) is 0 Å². The molecule has 0 bridgehead atoms. The molecule has 2 nitrogen and oxygen atoms in total. The third kappa shape index (κ3) is 2.81. The van der Waals surface area contributed by atoms with Crippen molar-refractivity contribution in [2.24, 2.45) is 0 Å². The Morgan fingerprint density at radius 1 is 1.29 bits per heavy atom. The lowest BCUT2D eigenvalue weighted by Gasteiger charge is -2.09. The molecule has 0 aliphatic rings. The summed E-state index contributed by atoms with van der Waals surface area (Å²) in [6.45, 7) is -2.84. The Balaban J connectivity index is 3.03. The molecule has 0 aromatic heterocycles. The van der Waals surface area contributed by atoms with Gasteiger partial charge in [-0.1, -0.05) is 0 Å². The van der Waals surface area contributed by atoms with Crippen LogP contribution in [0.1, 0.15) is 0 Å². The van der Waals surface area contributed by atoms with Crippen molar-refractivity contribution in [2.75, 3.05) is 7.11 Å². The first-order valence-corrected chi connectivity index (χ1v) is 5.11. The summed E-state index contributed by atoms with van der Waals surface area (Å²) in [7, 11) is 1.44. The molecular weight excluding hydrogens is 326 g/mol. The number of ether oxygens (including phenoxy) is 2. The SMILES string of the molecule is COc1cc(OC(F)F)cc(Br)c1Br. The lowest BCUT2D eigenvalue weighted by atomic mass is 10.3. The predicted molar refractivity (Wildman–Crippen MR) is 55.0 cm³/mol. The highest BCUT2D eigenvalue weighted by Gasteiger charge is 2.11. The normalized spacial score (nSPS) is 10.4. The zero-order chi connectivity index (χ0) is 10.7. The second-order valence-electron chi connectivity index (χ2n) is 2.30. The third-order valence-electron chi connectivity index (χ3n) is 1.41. The number of rotatable bonds is 3. The van der Waals surface area contributed by atoms with Crippen LogP contribution in [0.4, 0.5) is 8.78 Å². The smallest absolute Gasteiger partial charge is 0.387 e. The van der Waals surface area contributed by atoms with Crippen LogP contribution in [0, 0.1) is 0 Å². The van der Waals surface area contributed by atoms with Crippen LogP contribution in [0.25, 0.3) is 0 Å². The maximum atomic E-state index is 11.9. The molecule has 0 heterocycles. The molecule has 0 amide bonds. The minimum atomic E-state index is -2.84. The number of hydrogen-bond acceptors (Lipinski definition) is 2. The summed E-state index contributed by atoms with van der Waals surface area (Å²) in [5.74, 6) is 0.474. The highest BCUT2D eigenvalue weighted by atomic mass is 79.9. The lowest BCUT2D eigenvalue weighted by molar-refractivity contribution is -0.0499. The quantitative estimate of drug-likeness (QED) is 0.838. The van der Waals surface area contributed by atoms with Gasteiger partial charge in [0.05, 0.1) is 11.6 Å². The van der Waals surface area contributed by atoms with E-state index in [1.54, 1.807) is 0 Å². The van der Waals surface area contributed by atoms with Gasteiger partial charge in [0.25, 0.3) is 0 Å². The summed E-state index contributed by atoms with van der Waals surface area (Å²) < 4.78 is 34.2. The molecule has 1 rings (SSSR count). The Morgan fingerprint density at radius 3 is 2.43 bits per heavy atom. The molecule has 1 aromatic carbocycles. The van der Waals surface area contributed by atoms with Gasteiger partial charge >= 0.3 is 6.61 Å². The summed E-state index contributed by atoms with van der Waals surface area (Å²) >= 11 is 6.40. The highest BCUT2D eigenvalue weighted by Crippen LogP contribution is 2.36. The van der Waals surface area contributed by atoms with E-state index >= 15 is 0 Å². The second-order valence-corrected chi connectivity index (χ2v) is 3.95. The van der Waals surface area contributed by atoms with E-state index in [4.69, 9.17) is 4.74 Å². The zero-order valence-corrected chi connectivity index (χ0v) is 10.2. The molecule has 6 heteroatoms. The summed E-state index contributed by atoms with van der Waals surface area (Å²) in [5.41, 5.74) is 0. The van der Waals surface area contributed by atoms with Gasteiger partial charge in [0.1, 0.15) is 11.5 Å². The van der Waals surface area contributed by atoms with Crippen LogP contribution in [0.3, 0.4) is 0 Å². The van der Waals surface area contributed by atoms with Crippen LogP contribution < -0.4 is 9.47 Å². The summed E-state index contributed by atoms with van der Waals surface area (Å²) in [4.78, 5) is 0. The fourth-order valence-electron chi connectivity index (χ4n) is 0.860. The van der Waals surface area contributed by atoms with E-state index in [0.29, 0.717) is 14.7 Å². The second kappa shape index (κ2) is 4.93. The minimum Gasteiger partial charge on any atom is -0.495 e. The average Bonchev–Trinajstić information content (AvgIpc) is 2.10. The molecule has 78 valence electrons. The van der Waals surface area contributed by atoms with Gasteiger partial charge in [-0.05, 0) is 37.9 Å². The van der Waals surface area contributed by atoms with E-state index in [2.05, 4.69) is 36.6 Å². The summed E-state index contributed by atoms with van der Waals surface area (Å²) in [6.07, 6.45) is 0. The van der Waals surface area contributed by atoms with E-state index in [1.807, 2.05) is 0 Å². The van der Waals surface area contributed by atoms with E-state index in [-0.39, 0.29) is 5.75 Å². The maximum absolute atomic E-state index is 11.9. The van der Waals surface area contributed by atoms with Crippen molar-refractivity contribution in [2.45, 2.75) is 6.61 Å². The molecule has 0 N–H and O–H groups in total. The van der Waals surface area contributed by atoms with Crippen LogP contribution in [0.2, 0.25) is 0 Å². The molecule has 0 radical (unpaired) electrons. The van der Waals surface area contributed by atoms with Gasteiger partial charge in [0, 0.05) is 10.5 Å². The van der Waals surface area contributed by atoms with Crippen LogP contribution in [0.15, 0.2) is 21.1 Å². The first-order chi connectivity index (χ1) is 6.54. The lowest BCUT2D eigenvalue weighted by Crippen LogP contribution is -2.02. The molecule has 0 saturated heterocycles. The van der Waals surface area contributed by atoms with Gasteiger partial charge < -0.3 is 9.47 Å². The van der Waals surface area contributed by atoms with Crippen LogP contribution in [-0.2, 0) is 0 Å². The van der Waals surface area contributed by atoms with E-state index < -0.39 is 6.61 Å². The van der Waals surface area contributed by atoms with Gasteiger partial charge in [0.2, 0.25) is 0 Å². The molecule has 0 atom stereocenters. The van der Waals surface area contributed by atoms with Gasteiger partial charge in [-0.3, -0.25) is 0 Å². The number of methoxy groups -OCH3 is 1. The molecular formula is C8H6Br2F2O2. The molecule has 0 fully saturated rings. The molecule has 0 saturated carbocycles. The van der Waals surface area contributed by atoms with Gasteiger partial charge in [-0.2, -0.15) is 8.78 Å².